The first kappa shape index (κ1) is 15.8. The summed E-state index contributed by atoms with van der Waals surface area (Å²) in [6.45, 7) is 6.60. The molecule has 1 N–H and O–H groups in total. The summed E-state index contributed by atoms with van der Waals surface area (Å²) in [5, 5.41) is 4.19. The second kappa shape index (κ2) is 7.99. The van der Waals surface area contributed by atoms with Crippen molar-refractivity contribution in [1.82, 2.24) is 5.32 Å². The van der Waals surface area contributed by atoms with Gasteiger partial charge in [0.1, 0.15) is 0 Å². The van der Waals surface area contributed by atoms with Crippen LogP contribution in [0.25, 0.3) is 0 Å². The van der Waals surface area contributed by atoms with Crippen LogP contribution < -0.4 is 5.32 Å². The lowest BCUT2D eigenvalue weighted by molar-refractivity contribution is -0.0214. The molecule has 0 radical (unpaired) electrons. The van der Waals surface area contributed by atoms with Crippen molar-refractivity contribution in [3.8, 4) is 0 Å². The molecule has 1 aromatic rings. The van der Waals surface area contributed by atoms with E-state index in [0.717, 1.165) is 36.6 Å². The molecule has 20 heavy (non-hydrogen) atoms. The van der Waals surface area contributed by atoms with Crippen molar-refractivity contribution in [1.29, 1.82) is 0 Å². The average Bonchev–Trinajstić information content (AvgIpc) is 2.93. The summed E-state index contributed by atoms with van der Waals surface area (Å²) >= 11 is 5.95. The quantitative estimate of drug-likeness (QED) is 0.834. The highest BCUT2D eigenvalue weighted by atomic mass is 35.5. The van der Waals surface area contributed by atoms with Gasteiger partial charge in [-0.15, -0.1) is 0 Å². The number of halogens is 1. The molecule has 0 aromatic heterocycles. The molecule has 1 aromatic carbocycles. The normalized spacial score (nSPS) is 20.5. The van der Waals surface area contributed by atoms with Crippen LogP contribution >= 0.6 is 11.6 Å². The van der Waals surface area contributed by atoms with Crippen LogP contribution in [0.4, 0.5) is 0 Å². The molecular formula is C16H24ClNO2. The zero-order valence-electron chi connectivity index (χ0n) is 12.3. The first-order chi connectivity index (χ1) is 9.65. The smallest absolute Gasteiger partial charge is 0.0950 e. The minimum absolute atomic E-state index is 0.0406. The van der Waals surface area contributed by atoms with E-state index in [1.807, 2.05) is 24.3 Å². The first-order valence-corrected chi connectivity index (χ1v) is 7.75. The van der Waals surface area contributed by atoms with Gasteiger partial charge in [0, 0.05) is 24.2 Å². The predicted octanol–water partition coefficient (Wildman–Crippen LogP) is 3.57. The highest BCUT2D eigenvalue weighted by Gasteiger charge is 2.19. The lowest BCUT2D eigenvalue weighted by Gasteiger charge is -2.22. The largest absolute Gasteiger partial charge is 0.376 e. The fourth-order valence-corrected chi connectivity index (χ4v) is 2.42. The van der Waals surface area contributed by atoms with Gasteiger partial charge in [0.25, 0.3) is 0 Å². The molecule has 0 amide bonds. The standard InChI is InChI=1S/C16H24ClNO2/c1-12(2)18-10-16(13-5-7-14(17)8-6-13)20-11-15-4-3-9-19-15/h5-8,12,15-16,18H,3-4,9-11H2,1-2H3. The molecule has 1 aliphatic rings. The third-order valence-corrected chi connectivity index (χ3v) is 3.71. The Bertz CT molecular complexity index is 388. The van der Waals surface area contributed by atoms with Gasteiger partial charge in [-0.25, -0.2) is 0 Å². The van der Waals surface area contributed by atoms with Gasteiger partial charge in [-0.3, -0.25) is 0 Å². The molecule has 0 aliphatic carbocycles. The Kier molecular flexibility index (Phi) is 6.30. The monoisotopic (exact) mass is 297 g/mol. The molecule has 2 rings (SSSR count). The minimum atomic E-state index is 0.0406. The van der Waals surface area contributed by atoms with Crippen molar-refractivity contribution in [3.05, 3.63) is 34.9 Å². The summed E-state index contributed by atoms with van der Waals surface area (Å²) in [6.07, 6.45) is 2.54. The van der Waals surface area contributed by atoms with E-state index in [0.29, 0.717) is 12.6 Å². The zero-order chi connectivity index (χ0) is 14.4. The van der Waals surface area contributed by atoms with Crippen LogP contribution in [0.2, 0.25) is 5.02 Å². The summed E-state index contributed by atoms with van der Waals surface area (Å²) in [4.78, 5) is 0. The van der Waals surface area contributed by atoms with Crippen molar-refractivity contribution >= 4 is 11.6 Å². The first-order valence-electron chi connectivity index (χ1n) is 7.37. The van der Waals surface area contributed by atoms with Crippen LogP contribution in [0.5, 0.6) is 0 Å². The number of hydrogen-bond acceptors (Lipinski definition) is 3. The molecule has 1 saturated heterocycles. The van der Waals surface area contributed by atoms with Crippen LogP contribution in [0.1, 0.15) is 38.4 Å². The lowest BCUT2D eigenvalue weighted by atomic mass is 10.1. The van der Waals surface area contributed by atoms with E-state index >= 15 is 0 Å². The molecule has 2 atom stereocenters. The van der Waals surface area contributed by atoms with Crippen LogP contribution in [0.3, 0.4) is 0 Å². The number of rotatable bonds is 7. The third kappa shape index (κ3) is 5.06. The molecule has 0 saturated carbocycles. The highest BCUT2D eigenvalue weighted by Crippen LogP contribution is 2.21. The van der Waals surface area contributed by atoms with Crippen LogP contribution in [0.15, 0.2) is 24.3 Å². The third-order valence-electron chi connectivity index (χ3n) is 3.46. The van der Waals surface area contributed by atoms with Gasteiger partial charge in [-0.2, -0.15) is 0 Å². The van der Waals surface area contributed by atoms with Crippen molar-refractivity contribution in [3.63, 3.8) is 0 Å². The minimum Gasteiger partial charge on any atom is -0.376 e. The Morgan fingerprint density at radius 2 is 2.10 bits per heavy atom. The molecule has 2 unspecified atom stereocenters. The molecule has 1 fully saturated rings. The maximum atomic E-state index is 6.07. The van der Waals surface area contributed by atoms with Crippen LogP contribution in [-0.4, -0.2) is 31.9 Å². The van der Waals surface area contributed by atoms with Gasteiger partial charge < -0.3 is 14.8 Å². The van der Waals surface area contributed by atoms with Crippen molar-refractivity contribution < 1.29 is 9.47 Å². The Morgan fingerprint density at radius 3 is 2.70 bits per heavy atom. The van der Waals surface area contributed by atoms with E-state index in [1.54, 1.807) is 0 Å². The van der Waals surface area contributed by atoms with E-state index < -0.39 is 0 Å². The Labute approximate surface area is 126 Å². The van der Waals surface area contributed by atoms with E-state index in [2.05, 4.69) is 19.2 Å². The van der Waals surface area contributed by atoms with Crippen LogP contribution in [-0.2, 0) is 9.47 Å². The topological polar surface area (TPSA) is 30.5 Å². The fraction of sp³-hybridized carbons (Fsp3) is 0.625. The average molecular weight is 298 g/mol. The van der Waals surface area contributed by atoms with Gasteiger partial charge in [-0.1, -0.05) is 37.6 Å². The molecular weight excluding hydrogens is 274 g/mol. The maximum Gasteiger partial charge on any atom is 0.0950 e. The predicted molar refractivity (Wildman–Crippen MR) is 82.3 cm³/mol. The second-order valence-electron chi connectivity index (χ2n) is 5.57. The molecule has 1 heterocycles. The van der Waals surface area contributed by atoms with Crippen LogP contribution in [0, 0.1) is 0 Å². The fourth-order valence-electron chi connectivity index (χ4n) is 2.29. The van der Waals surface area contributed by atoms with E-state index in [1.165, 1.54) is 0 Å². The second-order valence-corrected chi connectivity index (χ2v) is 6.01. The number of benzene rings is 1. The summed E-state index contributed by atoms with van der Waals surface area (Å²) in [7, 11) is 0. The van der Waals surface area contributed by atoms with Gasteiger partial charge in [0.2, 0.25) is 0 Å². The molecule has 1 aliphatic heterocycles. The molecule has 0 bridgehead atoms. The molecule has 112 valence electrons. The summed E-state index contributed by atoms with van der Waals surface area (Å²) in [5.41, 5.74) is 1.15. The summed E-state index contributed by atoms with van der Waals surface area (Å²) in [6, 6.07) is 8.33. The van der Waals surface area contributed by atoms with Crippen molar-refractivity contribution in [2.75, 3.05) is 19.8 Å². The van der Waals surface area contributed by atoms with Gasteiger partial charge in [0.05, 0.1) is 18.8 Å². The zero-order valence-corrected chi connectivity index (χ0v) is 13.0. The number of nitrogens with one attached hydrogen (secondary N) is 1. The number of ether oxygens (including phenoxy) is 2. The molecule has 0 spiro atoms. The maximum absolute atomic E-state index is 6.07. The van der Waals surface area contributed by atoms with Gasteiger partial charge in [-0.05, 0) is 30.5 Å². The Morgan fingerprint density at radius 1 is 1.35 bits per heavy atom. The Balaban J connectivity index is 1.93. The van der Waals surface area contributed by atoms with Gasteiger partial charge >= 0.3 is 0 Å². The molecule has 4 heteroatoms. The summed E-state index contributed by atoms with van der Waals surface area (Å²) in [5.74, 6) is 0. The van der Waals surface area contributed by atoms with Gasteiger partial charge in [0.15, 0.2) is 0 Å². The van der Waals surface area contributed by atoms with E-state index in [9.17, 15) is 0 Å². The SMILES string of the molecule is CC(C)NCC(OCC1CCCO1)c1ccc(Cl)cc1. The van der Waals surface area contributed by atoms with Crippen molar-refractivity contribution in [2.45, 2.75) is 44.9 Å². The Hall–Kier alpha value is -0.610. The number of hydrogen-bond donors (Lipinski definition) is 1. The highest BCUT2D eigenvalue weighted by molar-refractivity contribution is 6.30. The van der Waals surface area contributed by atoms with E-state index in [-0.39, 0.29) is 12.2 Å². The molecule has 3 nitrogen and oxygen atoms in total. The summed E-state index contributed by atoms with van der Waals surface area (Å²) < 4.78 is 11.7. The lowest BCUT2D eigenvalue weighted by Crippen LogP contribution is -2.30. The van der Waals surface area contributed by atoms with E-state index in [4.69, 9.17) is 21.1 Å². The van der Waals surface area contributed by atoms with Crippen molar-refractivity contribution in [2.24, 2.45) is 0 Å².